The summed E-state index contributed by atoms with van der Waals surface area (Å²) in [6.45, 7) is 15.9. The summed E-state index contributed by atoms with van der Waals surface area (Å²) < 4.78 is 0. The van der Waals surface area contributed by atoms with Gasteiger partial charge in [-0.2, -0.15) is 0 Å². The third-order valence-electron chi connectivity index (χ3n) is 4.24. The van der Waals surface area contributed by atoms with Crippen molar-refractivity contribution in [1.82, 2.24) is 14.8 Å². The summed E-state index contributed by atoms with van der Waals surface area (Å²) in [5.74, 6) is 0. The van der Waals surface area contributed by atoms with Gasteiger partial charge in [0.25, 0.3) is 0 Å². The fourth-order valence-electron chi connectivity index (χ4n) is 3.33. The summed E-state index contributed by atoms with van der Waals surface area (Å²) >= 11 is 0. The molecule has 1 saturated heterocycles. The number of likely N-dealkylation sites (N-methyl/N-ethyl adjacent to an activating group) is 1. The maximum Gasteiger partial charge on any atom is 0.0738 e. The highest BCUT2D eigenvalue weighted by molar-refractivity contribution is 5.18. The summed E-state index contributed by atoms with van der Waals surface area (Å²) in [7, 11) is 0. The molecule has 1 unspecified atom stereocenters. The molecule has 3 nitrogen and oxygen atoms in total. The number of pyridine rings is 1. The molecule has 0 amide bonds. The second-order valence-electron chi connectivity index (χ2n) is 6.68. The predicted octanol–water partition coefficient (Wildman–Crippen LogP) is 2.73. The Morgan fingerprint density at radius 1 is 1.26 bits per heavy atom. The fourth-order valence-corrected chi connectivity index (χ4v) is 3.33. The van der Waals surface area contributed by atoms with E-state index in [1.54, 1.807) is 0 Å². The van der Waals surface area contributed by atoms with E-state index >= 15 is 0 Å². The first kappa shape index (κ1) is 14.5. The third kappa shape index (κ3) is 2.82. The van der Waals surface area contributed by atoms with Crippen LogP contribution in [0.4, 0.5) is 0 Å². The van der Waals surface area contributed by atoms with Crippen molar-refractivity contribution in [3.05, 3.63) is 30.1 Å². The molecule has 1 aliphatic heterocycles. The zero-order chi connectivity index (χ0) is 14.1. The first-order valence-electron chi connectivity index (χ1n) is 7.29. The van der Waals surface area contributed by atoms with Gasteiger partial charge in [-0.1, -0.05) is 13.0 Å². The maximum atomic E-state index is 4.64. The van der Waals surface area contributed by atoms with E-state index in [0.717, 1.165) is 26.2 Å². The smallest absolute Gasteiger partial charge is 0.0738 e. The maximum absolute atomic E-state index is 4.64. The van der Waals surface area contributed by atoms with Gasteiger partial charge in [0, 0.05) is 31.4 Å². The second-order valence-corrected chi connectivity index (χ2v) is 6.68. The van der Waals surface area contributed by atoms with E-state index in [-0.39, 0.29) is 11.1 Å². The molecule has 0 spiro atoms. The Hall–Kier alpha value is -0.930. The largest absolute Gasteiger partial charge is 0.300 e. The lowest BCUT2D eigenvalue weighted by Crippen LogP contribution is -2.64. The zero-order valence-corrected chi connectivity index (χ0v) is 13.0. The minimum absolute atomic E-state index is 0.00618. The summed E-state index contributed by atoms with van der Waals surface area (Å²) in [5, 5.41) is 0. The molecule has 2 heterocycles. The van der Waals surface area contributed by atoms with Crippen LogP contribution in [0, 0.1) is 0 Å². The average molecular weight is 261 g/mol. The van der Waals surface area contributed by atoms with Crippen molar-refractivity contribution < 1.29 is 0 Å². The van der Waals surface area contributed by atoms with Crippen molar-refractivity contribution in [1.29, 1.82) is 0 Å². The SMILES string of the molecule is CCN1CCN(C(C)(C)C)C(C)(c2ccccn2)C1. The lowest BCUT2D eigenvalue weighted by Gasteiger charge is -2.54. The molecule has 0 saturated carbocycles. The van der Waals surface area contributed by atoms with E-state index in [4.69, 9.17) is 0 Å². The Morgan fingerprint density at radius 3 is 2.53 bits per heavy atom. The van der Waals surface area contributed by atoms with Gasteiger partial charge in [-0.3, -0.25) is 9.88 Å². The Kier molecular flexibility index (Phi) is 3.98. The molecule has 1 fully saturated rings. The van der Waals surface area contributed by atoms with Crippen LogP contribution < -0.4 is 0 Å². The Bertz CT molecular complexity index is 410. The monoisotopic (exact) mass is 261 g/mol. The molecule has 0 bridgehead atoms. The molecule has 106 valence electrons. The minimum Gasteiger partial charge on any atom is -0.300 e. The first-order chi connectivity index (χ1) is 8.88. The van der Waals surface area contributed by atoms with Crippen LogP contribution in [-0.2, 0) is 5.54 Å². The average Bonchev–Trinajstić information content (AvgIpc) is 2.38. The van der Waals surface area contributed by atoms with Crippen molar-refractivity contribution in [2.24, 2.45) is 0 Å². The Labute approximate surface area is 117 Å². The molecule has 19 heavy (non-hydrogen) atoms. The number of nitrogens with zero attached hydrogens (tertiary/aromatic N) is 3. The normalized spacial score (nSPS) is 26.6. The van der Waals surface area contributed by atoms with Gasteiger partial charge in [0.2, 0.25) is 0 Å². The number of hydrogen-bond acceptors (Lipinski definition) is 3. The molecule has 1 aromatic heterocycles. The van der Waals surface area contributed by atoms with Crippen LogP contribution >= 0.6 is 0 Å². The van der Waals surface area contributed by atoms with Crippen molar-refractivity contribution in [3.63, 3.8) is 0 Å². The number of hydrogen-bond donors (Lipinski definition) is 0. The molecule has 3 heteroatoms. The quantitative estimate of drug-likeness (QED) is 0.816. The van der Waals surface area contributed by atoms with Gasteiger partial charge < -0.3 is 4.90 Å². The highest BCUT2D eigenvalue weighted by atomic mass is 15.3. The number of piperazine rings is 1. The summed E-state index contributed by atoms with van der Waals surface area (Å²) in [4.78, 5) is 9.77. The number of rotatable bonds is 2. The Balaban J connectivity index is 2.39. The standard InChI is InChI=1S/C16H27N3/c1-6-18-11-12-19(15(2,3)4)16(5,13-18)14-9-7-8-10-17-14/h7-10H,6,11-13H2,1-5H3. The lowest BCUT2D eigenvalue weighted by atomic mass is 9.86. The van der Waals surface area contributed by atoms with Gasteiger partial charge in [0.1, 0.15) is 0 Å². The fraction of sp³-hybridized carbons (Fsp3) is 0.688. The molecular formula is C16H27N3. The number of aromatic nitrogens is 1. The van der Waals surface area contributed by atoms with E-state index in [9.17, 15) is 0 Å². The van der Waals surface area contributed by atoms with Crippen molar-refractivity contribution in [2.45, 2.75) is 45.7 Å². The highest BCUT2D eigenvalue weighted by Crippen LogP contribution is 2.36. The van der Waals surface area contributed by atoms with Crippen molar-refractivity contribution in [2.75, 3.05) is 26.2 Å². The molecule has 1 aromatic rings. The van der Waals surface area contributed by atoms with E-state index in [1.165, 1.54) is 5.69 Å². The van der Waals surface area contributed by atoms with Gasteiger partial charge in [-0.15, -0.1) is 0 Å². The van der Waals surface area contributed by atoms with Gasteiger partial charge >= 0.3 is 0 Å². The van der Waals surface area contributed by atoms with Crippen LogP contribution in [0.2, 0.25) is 0 Å². The summed E-state index contributed by atoms with van der Waals surface area (Å²) in [6.07, 6.45) is 1.91. The van der Waals surface area contributed by atoms with E-state index in [0.29, 0.717) is 0 Å². The molecule has 0 N–H and O–H groups in total. The molecule has 0 aliphatic carbocycles. The molecule has 1 aliphatic rings. The summed E-state index contributed by atoms with van der Waals surface area (Å²) in [6, 6.07) is 6.26. The van der Waals surface area contributed by atoms with E-state index in [2.05, 4.69) is 61.5 Å². The van der Waals surface area contributed by atoms with Gasteiger partial charge in [-0.25, -0.2) is 0 Å². The van der Waals surface area contributed by atoms with Crippen LogP contribution in [0.5, 0.6) is 0 Å². The zero-order valence-electron chi connectivity index (χ0n) is 13.0. The second kappa shape index (κ2) is 5.22. The topological polar surface area (TPSA) is 19.4 Å². The molecule has 2 rings (SSSR count). The van der Waals surface area contributed by atoms with Crippen LogP contribution in [0.25, 0.3) is 0 Å². The van der Waals surface area contributed by atoms with Crippen LogP contribution in [0.3, 0.4) is 0 Å². The lowest BCUT2D eigenvalue weighted by molar-refractivity contribution is -0.0530. The van der Waals surface area contributed by atoms with Crippen LogP contribution in [-0.4, -0.2) is 46.5 Å². The van der Waals surface area contributed by atoms with Crippen molar-refractivity contribution in [3.8, 4) is 0 Å². The Morgan fingerprint density at radius 2 is 2.00 bits per heavy atom. The van der Waals surface area contributed by atoms with Gasteiger partial charge in [0.05, 0.1) is 11.2 Å². The first-order valence-corrected chi connectivity index (χ1v) is 7.29. The summed E-state index contributed by atoms with van der Waals surface area (Å²) in [5.41, 5.74) is 1.34. The predicted molar refractivity (Wildman–Crippen MR) is 80.2 cm³/mol. The van der Waals surface area contributed by atoms with Gasteiger partial charge in [-0.05, 0) is 46.4 Å². The molecule has 0 aromatic carbocycles. The van der Waals surface area contributed by atoms with Crippen LogP contribution in [0.1, 0.15) is 40.3 Å². The highest BCUT2D eigenvalue weighted by Gasteiger charge is 2.44. The van der Waals surface area contributed by atoms with E-state index in [1.807, 2.05) is 12.3 Å². The third-order valence-corrected chi connectivity index (χ3v) is 4.24. The van der Waals surface area contributed by atoms with E-state index < -0.39 is 0 Å². The minimum atomic E-state index is -0.00618. The molecular weight excluding hydrogens is 234 g/mol. The van der Waals surface area contributed by atoms with Gasteiger partial charge in [0.15, 0.2) is 0 Å². The molecule has 1 atom stereocenters. The molecule has 0 radical (unpaired) electrons. The van der Waals surface area contributed by atoms with Crippen molar-refractivity contribution >= 4 is 0 Å². The van der Waals surface area contributed by atoms with Crippen LogP contribution in [0.15, 0.2) is 24.4 Å².